The van der Waals surface area contributed by atoms with E-state index >= 15 is 0 Å². The first-order chi connectivity index (χ1) is 22.8. The van der Waals surface area contributed by atoms with Gasteiger partial charge in [-0.05, 0) is 103 Å². The molecule has 5 aromatic carbocycles. The summed E-state index contributed by atoms with van der Waals surface area (Å²) in [5.41, 5.74) is 15.5. The highest BCUT2D eigenvalue weighted by Crippen LogP contribution is 2.49. The molecule has 3 heterocycles. The maximum absolute atomic E-state index is 5.06. The van der Waals surface area contributed by atoms with Gasteiger partial charge in [-0.1, -0.05) is 121 Å². The van der Waals surface area contributed by atoms with E-state index in [1.807, 2.05) is 12.3 Å². The van der Waals surface area contributed by atoms with Gasteiger partial charge in [0, 0.05) is 6.54 Å². The summed E-state index contributed by atoms with van der Waals surface area (Å²) in [6.45, 7) is 0.803. The van der Waals surface area contributed by atoms with Crippen molar-refractivity contribution in [1.29, 1.82) is 0 Å². The van der Waals surface area contributed by atoms with E-state index in [9.17, 15) is 0 Å². The highest BCUT2D eigenvalue weighted by atomic mass is 15.0. The predicted molar refractivity (Wildman–Crippen MR) is 192 cm³/mol. The Kier molecular flexibility index (Phi) is 6.27. The number of allylic oxidation sites excluding steroid dienone is 4. The van der Waals surface area contributed by atoms with Crippen LogP contribution in [0, 0.1) is 0 Å². The summed E-state index contributed by atoms with van der Waals surface area (Å²) in [7, 11) is 0. The van der Waals surface area contributed by atoms with Crippen molar-refractivity contribution in [3.05, 3.63) is 169 Å². The van der Waals surface area contributed by atoms with E-state index in [0.29, 0.717) is 0 Å². The smallest absolute Gasteiger partial charge is 0.0871 e. The Balaban J connectivity index is 1.07. The van der Waals surface area contributed by atoms with Gasteiger partial charge < -0.3 is 10.6 Å². The molecule has 0 amide bonds. The van der Waals surface area contributed by atoms with Crippen LogP contribution in [-0.4, -0.2) is 11.5 Å². The second kappa shape index (κ2) is 10.9. The summed E-state index contributed by atoms with van der Waals surface area (Å²) in [4.78, 5) is 5.06. The Morgan fingerprint density at radius 2 is 1.30 bits per heavy atom. The molecule has 9 rings (SSSR count). The second-order valence-electron chi connectivity index (χ2n) is 12.0. The molecule has 0 saturated heterocycles. The van der Waals surface area contributed by atoms with Crippen LogP contribution in [-0.2, 0) is 0 Å². The van der Waals surface area contributed by atoms with Crippen molar-refractivity contribution in [2.45, 2.75) is 6.04 Å². The Morgan fingerprint density at radius 1 is 0.565 bits per heavy atom. The van der Waals surface area contributed by atoms with Gasteiger partial charge in [0.1, 0.15) is 0 Å². The van der Waals surface area contributed by atoms with Crippen LogP contribution in [0.2, 0.25) is 0 Å². The lowest BCUT2D eigenvalue weighted by molar-refractivity contribution is 0.719. The molecular weight excluding hydrogens is 558 g/mol. The fourth-order valence-corrected chi connectivity index (χ4v) is 7.06. The highest BCUT2D eigenvalue weighted by Gasteiger charge is 2.22. The first-order valence-electron chi connectivity index (χ1n) is 15.9. The maximum Gasteiger partial charge on any atom is 0.0871 e. The van der Waals surface area contributed by atoms with Crippen molar-refractivity contribution in [2.75, 3.05) is 6.54 Å². The van der Waals surface area contributed by atoms with Gasteiger partial charge in [0.2, 0.25) is 0 Å². The lowest BCUT2D eigenvalue weighted by Gasteiger charge is -2.19. The van der Waals surface area contributed by atoms with Crippen LogP contribution in [0.5, 0.6) is 0 Å². The van der Waals surface area contributed by atoms with Crippen molar-refractivity contribution < 1.29 is 0 Å². The van der Waals surface area contributed by atoms with Crippen LogP contribution in [0.3, 0.4) is 0 Å². The summed E-state index contributed by atoms with van der Waals surface area (Å²) in [5.74, 6) is 0. The van der Waals surface area contributed by atoms with E-state index in [1.54, 1.807) is 0 Å². The lowest BCUT2D eigenvalue weighted by Crippen LogP contribution is -2.19. The van der Waals surface area contributed by atoms with Gasteiger partial charge in [-0.2, -0.15) is 0 Å². The van der Waals surface area contributed by atoms with Gasteiger partial charge in [0.15, 0.2) is 0 Å². The van der Waals surface area contributed by atoms with Crippen molar-refractivity contribution in [2.24, 2.45) is 0 Å². The van der Waals surface area contributed by atoms with Crippen molar-refractivity contribution in [1.82, 2.24) is 15.6 Å². The molecule has 0 radical (unpaired) electrons. The fourth-order valence-electron chi connectivity index (χ4n) is 7.06. The largest absolute Gasteiger partial charge is 0.380 e. The topological polar surface area (TPSA) is 37.0 Å². The zero-order valence-electron chi connectivity index (χ0n) is 25.2. The highest BCUT2D eigenvalue weighted by molar-refractivity contribution is 6.18. The molecule has 0 saturated carbocycles. The molecular formula is C43H31N3. The third kappa shape index (κ3) is 4.48. The Labute approximate surface area is 269 Å². The third-order valence-corrected chi connectivity index (χ3v) is 9.31. The predicted octanol–water partition coefficient (Wildman–Crippen LogP) is 10.1. The zero-order chi connectivity index (χ0) is 30.5. The summed E-state index contributed by atoms with van der Waals surface area (Å²) in [5, 5.41) is 9.59. The number of pyridine rings is 1. The van der Waals surface area contributed by atoms with E-state index in [4.69, 9.17) is 4.98 Å². The van der Waals surface area contributed by atoms with Gasteiger partial charge in [-0.15, -0.1) is 0 Å². The average Bonchev–Trinajstić information content (AvgIpc) is 3.47. The van der Waals surface area contributed by atoms with Gasteiger partial charge in [-0.25, -0.2) is 4.98 Å². The van der Waals surface area contributed by atoms with Crippen LogP contribution < -0.4 is 10.6 Å². The molecule has 6 aromatic rings. The molecule has 1 atom stereocenters. The van der Waals surface area contributed by atoms with Crippen molar-refractivity contribution in [3.63, 3.8) is 0 Å². The Hall–Kier alpha value is -5.93. The van der Waals surface area contributed by atoms with E-state index in [2.05, 4.69) is 156 Å². The minimum atomic E-state index is 0.0270. The molecule has 218 valence electrons. The number of aromatic nitrogens is 1. The van der Waals surface area contributed by atoms with Gasteiger partial charge in [-0.3, -0.25) is 0 Å². The normalized spacial score (nSPS) is 15.7. The molecule has 3 heteroatoms. The summed E-state index contributed by atoms with van der Waals surface area (Å²) in [6.07, 6.45) is 14.5. The van der Waals surface area contributed by atoms with E-state index in [-0.39, 0.29) is 6.04 Å². The molecule has 2 N–H and O–H groups in total. The van der Waals surface area contributed by atoms with Crippen LogP contribution >= 0.6 is 0 Å². The number of rotatable bonds is 5. The minimum Gasteiger partial charge on any atom is -0.380 e. The van der Waals surface area contributed by atoms with E-state index in [0.717, 1.165) is 29.2 Å². The van der Waals surface area contributed by atoms with Gasteiger partial charge >= 0.3 is 0 Å². The second-order valence-corrected chi connectivity index (χ2v) is 12.0. The number of hydrogen-bond acceptors (Lipinski definition) is 3. The van der Waals surface area contributed by atoms with Crippen LogP contribution in [0.25, 0.3) is 72.1 Å². The van der Waals surface area contributed by atoms with E-state index in [1.165, 1.54) is 60.8 Å². The molecule has 0 bridgehead atoms. The first kappa shape index (κ1) is 26.5. The number of dihydropyridines is 2. The van der Waals surface area contributed by atoms with Gasteiger partial charge in [0.05, 0.1) is 23.1 Å². The third-order valence-electron chi connectivity index (χ3n) is 9.31. The number of nitrogens with zero attached hydrogens (tertiary/aromatic N) is 1. The Bertz CT molecular complexity index is 2260. The lowest BCUT2D eigenvalue weighted by atomic mass is 9.92. The van der Waals surface area contributed by atoms with Crippen LogP contribution in [0.1, 0.15) is 17.4 Å². The van der Waals surface area contributed by atoms with Crippen molar-refractivity contribution >= 4 is 16.5 Å². The number of nitrogens with one attached hydrogen (secondary N) is 2. The standard InChI is InChI=1S/C43H31N3/c1-2-12-35-34(11-1)37-14-8-13-36-33(21-22-38(35)43(36)37)29-19-17-28(18-20-29)30-9-7-10-31(25-30)32-26-41(39-15-3-5-23-44-39)46-42(27-32)40-16-4-6-24-45-40/h1-23,25-27,39,44-45H,24H2. The average molecular weight is 590 g/mol. The molecule has 46 heavy (non-hydrogen) atoms. The molecule has 1 aliphatic carbocycles. The maximum atomic E-state index is 5.06. The molecule has 0 spiro atoms. The van der Waals surface area contributed by atoms with Crippen LogP contribution in [0.15, 0.2) is 158 Å². The number of benzene rings is 5. The minimum absolute atomic E-state index is 0.0270. The molecule has 2 aliphatic heterocycles. The van der Waals surface area contributed by atoms with Crippen LogP contribution in [0.4, 0.5) is 0 Å². The summed E-state index contributed by atoms with van der Waals surface area (Å²) >= 11 is 0. The quantitative estimate of drug-likeness (QED) is 0.210. The summed E-state index contributed by atoms with van der Waals surface area (Å²) < 4.78 is 0. The van der Waals surface area contributed by atoms with Crippen molar-refractivity contribution in [3.8, 4) is 55.6 Å². The zero-order valence-corrected chi connectivity index (χ0v) is 25.2. The van der Waals surface area contributed by atoms with Gasteiger partial charge in [0.25, 0.3) is 0 Å². The molecule has 0 fully saturated rings. The monoisotopic (exact) mass is 589 g/mol. The number of fused-ring (bicyclic) bond motifs is 3. The first-order valence-corrected chi connectivity index (χ1v) is 15.9. The van der Waals surface area contributed by atoms with E-state index < -0.39 is 0 Å². The molecule has 1 aromatic heterocycles. The summed E-state index contributed by atoms with van der Waals surface area (Å²) in [6, 6.07) is 42.3. The molecule has 1 unspecified atom stereocenters. The fraction of sp³-hybridized carbons (Fsp3) is 0.0465. The molecule has 3 nitrogen and oxygen atoms in total. The molecule has 3 aliphatic rings. The Morgan fingerprint density at radius 3 is 2.09 bits per heavy atom. The number of hydrogen-bond donors (Lipinski definition) is 2. The SMILES string of the molecule is C1=CCNC(c2cc(-c3cccc(-c4ccc(-c5ccc6c7c(cccc57)-c5ccccc5-6)cc4)c3)cc(C3C=CC=CN3)n2)=C1.